The Morgan fingerprint density at radius 2 is 1.91 bits per heavy atom. The molecule has 5 heterocycles. The van der Waals surface area contributed by atoms with E-state index < -0.39 is 5.60 Å². The Kier molecular flexibility index (Phi) is 5.45. The Morgan fingerprint density at radius 3 is 2.48 bits per heavy atom. The predicted octanol–water partition coefficient (Wildman–Crippen LogP) is 3.58. The fourth-order valence-corrected chi connectivity index (χ4v) is 5.61. The number of aromatic nitrogens is 4. The molecule has 33 heavy (non-hydrogen) atoms. The van der Waals surface area contributed by atoms with Crippen LogP contribution in [0.4, 0.5) is 5.82 Å². The first-order chi connectivity index (χ1) is 15.8. The van der Waals surface area contributed by atoms with Crippen molar-refractivity contribution in [2.24, 2.45) is 0 Å². The zero-order chi connectivity index (χ0) is 23.3. The van der Waals surface area contributed by atoms with E-state index in [1.54, 1.807) is 23.8 Å². The Balaban J connectivity index is 1.60. The topological polar surface area (TPSA) is 118 Å². The predicted molar refractivity (Wildman–Crippen MR) is 127 cm³/mol. The summed E-state index contributed by atoms with van der Waals surface area (Å²) in [6.07, 6.45) is 8.95. The molecule has 0 aromatic carbocycles. The molecule has 0 spiro atoms. The van der Waals surface area contributed by atoms with Crippen molar-refractivity contribution in [2.75, 3.05) is 5.73 Å². The molecule has 0 aliphatic carbocycles. The molecule has 8 nitrogen and oxygen atoms in total. The summed E-state index contributed by atoms with van der Waals surface area (Å²) in [7, 11) is 0. The molecule has 2 unspecified atom stereocenters. The number of rotatable bonds is 6. The van der Waals surface area contributed by atoms with E-state index in [2.05, 4.69) is 15.4 Å². The van der Waals surface area contributed by atoms with Gasteiger partial charge in [0.25, 0.3) is 0 Å². The molecule has 2 fully saturated rings. The van der Waals surface area contributed by atoms with Crippen LogP contribution >= 0.6 is 0 Å². The first kappa shape index (κ1) is 22.0. The van der Waals surface area contributed by atoms with Crippen molar-refractivity contribution >= 4 is 17.2 Å². The quantitative estimate of drug-likeness (QED) is 0.493. The SMILES string of the molecule is CCC(O)(CC)c1ccc(-c2cnn3c(N)c(C(C)=O)c(C4CC5CCC(C4)N5)nc23)cn1. The molecular weight excluding hydrogens is 416 g/mol. The minimum atomic E-state index is -0.930. The molecule has 5 rings (SSSR count). The Bertz CT molecular complexity index is 1190. The molecule has 2 aliphatic heterocycles. The van der Waals surface area contributed by atoms with Gasteiger partial charge in [-0.05, 0) is 51.5 Å². The largest absolute Gasteiger partial charge is 0.384 e. The Hall–Kier alpha value is -2.84. The third-order valence-corrected chi connectivity index (χ3v) is 7.64. The standard InChI is InChI=1S/C25H32N6O2/c1-4-25(33,5-2)20-9-6-15(12-27-20)19-13-28-31-23(26)21(14(3)32)22(30-24(19)31)16-10-17-7-8-18(11-16)29-17/h6,9,12-13,16-18,29,33H,4-5,7-8,10-11,26H2,1-3H3. The number of carbonyl (C=O) groups excluding carboxylic acids is 1. The molecule has 3 aromatic heterocycles. The third kappa shape index (κ3) is 3.61. The van der Waals surface area contributed by atoms with Crippen molar-refractivity contribution in [1.29, 1.82) is 0 Å². The molecule has 8 heteroatoms. The average Bonchev–Trinajstić information content (AvgIpc) is 3.40. The first-order valence-corrected chi connectivity index (χ1v) is 12.0. The van der Waals surface area contributed by atoms with Gasteiger partial charge in [-0.1, -0.05) is 19.9 Å². The molecule has 2 saturated heterocycles. The highest BCUT2D eigenvalue weighted by Crippen LogP contribution is 2.40. The van der Waals surface area contributed by atoms with Crippen molar-refractivity contribution in [3.63, 3.8) is 0 Å². The number of nitrogen functional groups attached to an aromatic ring is 1. The van der Waals surface area contributed by atoms with E-state index in [4.69, 9.17) is 10.7 Å². The number of nitrogens with two attached hydrogens (primary N) is 1. The molecule has 2 bridgehead atoms. The number of nitrogens with one attached hydrogen (secondary N) is 1. The zero-order valence-corrected chi connectivity index (χ0v) is 19.5. The highest BCUT2D eigenvalue weighted by atomic mass is 16.3. The molecule has 4 N–H and O–H groups in total. The lowest BCUT2D eigenvalue weighted by atomic mass is 9.86. The smallest absolute Gasteiger partial charge is 0.165 e. The summed E-state index contributed by atoms with van der Waals surface area (Å²) in [4.78, 5) is 22.2. The summed E-state index contributed by atoms with van der Waals surface area (Å²) in [5.41, 5.74) is 9.81. The van der Waals surface area contributed by atoms with E-state index in [1.165, 1.54) is 12.8 Å². The molecule has 0 radical (unpaired) electrons. The van der Waals surface area contributed by atoms with Crippen LogP contribution in [0.25, 0.3) is 16.8 Å². The number of hydrogen-bond donors (Lipinski definition) is 3. The summed E-state index contributed by atoms with van der Waals surface area (Å²) < 4.78 is 1.56. The van der Waals surface area contributed by atoms with E-state index in [9.17, 15) is 9.90 Å². The number of anilines is 1. The lowest BCUT2D eigenvalue weighted by Gasteiger charge is -2.30. The molecule has 0 saturated carbocycles. The highest BCUT2D eigenvalue weighted by molar-refractivity contribution is 6.00. The fourth-order valence-electron chi connectivity index (χ4n) is 5.61. The molecule has 3 aromatic rings. The van der Waals surface area contributed by atoms with E-state index in [1.807, 2.05) is 26.0 Å². The van der Waals surface area contributed by atoms with Gasteiger partial charge in [-0.15, -0.1) is 0 Å². The van der Waals surface area contributed by atoms with E-state index in [0.29, 0.717) is 47.6 Å². The maximum atomic E-state index is 12.6. The lowest BCUT2D eigenvalue weighted by molar-refractivity contribution is 0.0240. The summed E-state index contributed by atoms with van der Waals surface area (Å²) >= 11 is 0. The number of hydrogen-bond acceptors (Lipinski definition) is 7. The zero-order valence-electron chi connectivity index (χ0n) is 19.5. The van der Waals surface area contributed by atoms with E-state index in [-0.39, 0.29) is 11.7 Å². The van der Waals surface area contributed by atoms with Gasteiger partial charge in [0, 0.05) is 35.3 Å². The van der Waals surface area contributed by atoms with Crippen LogP contribution in [0.5, 0.6) is 0 Å². The van der Waals surface area contributed by atoms with Crippen molar-refractivity contribution in [2.45, 2.75) is 82.9 Å². The van der Waals surface area contributed by atoms with Crippen molar-refractivity contribution in [3.05, 3.63) is 41.5 Å². The van der Waals surface area contributed by atoms with Gasteiger partial charge >= 0.3 is 0 Å². The van der Waals surface area contributed by atoms with Crippen LogP contribution in [0.2, 0.25) is 0 Å². The van der Waals surface area contributed by atoms with E-state index in [0.717, 1.165) is 29.7 Å². The second-order valence-electron chi connectivity index (χ2n) is 9.58. The number of nitrogens with zero attached hydrogens (tertiary/aromatic N) is 4. The molecule has 2 atom stereocenters. The number of carbonyl (C=O) groups is 1. The normalized spacial score (nSPS) is 22.7. The van der Waals surface area contributed by atoms with Crippen LogP contribution in [-0.2, 0) is 5.60 Å². The number of ketones is 1. The Labute approximate surface area is 193 Å². The monoisotopic (exact) mass is 448 g/mol. The molecule has 0 amide bonds. The second kappa shape index (κ2) is 8.18. The van der Waals surface area contributed by atoms with Crippen molar-refractivity contribution in [1.82, 2.24) is 24.9 Å². The molecule has 2 aliphatic rings. The van der Waals surface area contributed by atoms with Crippen LogP contribution in [-0.4, -0.2) is 42.6 Å². The van der Waals surface area contributed by atoms with Crippen LogP contribution < -0.4 is 11.1 Å². The highest BCUT2D eigenvalue weighted by Gasteiger charge is 2.37. The van der Waals surface area contributed by atoms with Crippen LogP contribution in [0, 0.1) is 0 Å². The molecular formula is C25H32N6O2. The van der Waals surface area contributed by atoms with Gasteiger partial charge in [0.05, 0.1) is 23.1 Å². The minimum absolute atomic E-state index is 0.0794. The number of piperidine rings is 1. The van der Waals surface area contributed by atoms with Gasteiger partial charge in [-0.3, -0.25) is 9.78 Å². The second-order valence-corrected chi connectivity index (χ2v) is 9.58. The summed E-state index contributed by atoms with van der Waals surface area (Å²) in [5, 5.41) is 18.9. The lowest BCUT2D eigenvalue weighted by Crippen LogP contribution is -2.38. The van der Waals surface area contributed by atoms with Crippen LogP contribution in [0.3, 0.4) is 0 Å². The van der Waals surface area contributed by atoms with Crippen LogP contribution in [0.1, 0.15) is 87.0 Å². The number of aliphatic hydroxyl groups is 1. The van der Waals surface area contributed by atoms with Crippen molar-refractivity contribution in [3.8, 4) is 11.1 Å². The Morgan fingerprint density at radius 1 is 1.21 bits per heavy atom. The first-order valence-electron chi connectivity index (χ1n) is 12.0. The van der Waals surface area contributed by atoms with Crippen molar-refractivity contribution < 1.29 is 9.90 Å². The van der Waals surface area contributed by atoms with Crippen LogP contribution in [0.15, 0.2) is 24.5 Å². The van der Waals surface area contributed by atoms with Gasteiger partial charge in [0.2, 0.25) is 0 Å². The number of pyridine rings is 1. The third-order valence-electron chi connectivity index (χ3n) is 7.64. The number of Topliss-reactive ketones (excluding diaryl/α,β-unsaturated/α-hetero) is 1. The minimum Gasteiger partial charge on any atom is -0.384 e. The van der Waals surface area contributed by atoms with E-state index >= 15 is 0 Å². The summed E-state index contributed by atoms with van der Waals surface area (Å²) in [6.45, 7) is 5.46. The molecule has 174 valence electrons. The average molecular weight is 449 g/mol. The summed E-state index contributed by atoms with van der Waals surface area (Å²) in [5.74, 6) is 0.460. The maximum Gasteiger partial charge on any atom is 0.165 e. The van der Waals surface area contributed by atoms with Gasteiger partial charge in [-0.25, -0.2) is 4.98 Å². The van der Waals surface area contributed by atoms with Gasteiger partial charge in [-0.2, -0.15) is 9.61 Å². The number of fused-ring (bicyclic) bond motifs is 3. The fraction of sp³-hybridized carbons (Fsp3) is 0.520. The van der Waals surface area contributed by atoms with Gasteiger partial charge in [0.1, 0.15) is 11.4 Å². The maximum absolute atomic E-state index is 12.6. The summed E-state index contributed by atoms with van der Waals surface area (Å²) in [6, 6.07) is 4.76. The van der Waals surface area contributed by atoms with Gasteiger partial charge < -0.3 is 16.2 Å². The van der Waals surface area contributed by atoms with Gasteiger partial charge in [0.15, 0.2) is 11.4 Å².